The molecular weight excluding hydrogens is 432 g/mol. The number of halogens is 1. The van der Waals surface area contributed by atoms with E-state index in [2.05, 4.69) is 15.6 Å². The SMILES string of the molecule is Cc1ccc(NCC(=O)NCc2ccc3c(c2)CN(C2CCC(=O)CC2=O)C3=O)nc1Cl. The van der Waals surface area contributed by atoms with E-state index in [4.69, 9.17) is 11.6 Å². The van der Waals surface area contributed by atoms with Crippen LogP contribution in [0.3, 0.4) is 0 Å². The van der Waals surface area contributed by atoms with Crippen molar-refractivity contribution in [3.8, 4) is 0 Å². The monoisotopic (exact) mass is 454 g/mol. The van der Waals surface area contributed by atoms with Crippen LogP contribution < -0.4 is 10.6 Å². The lowest BCUT2D eigenvalue weighted by atomic mass is 9.92. The predicted molar refractivity (Wildman–Crippen MR) is 118 cm³/mol. The summed E-state index contributed by atoms with van der Waals surface area (Å²) in [6.07, 6.45) is 0.612. The Labute approximate surface area is 190 Å². The molecule has 4 rings (SSSR count). The number of amides is 2. The van der Waals surface area contributed by atoms with Gasteiger partial charge >= 0.3 is 0 Å². The summed E-state index contributed by atoms with van der Waals surface area (Å²) >= 11 is 5.99. The molecule has 1 unspecified atom stereocenters. The van der Waals surface area contributed by atoms with Crippen LogP contribution in [0.4, 0.5) is 5.82 Å². The Morgan fingerprint density at radius 1 is 1.22 bits per heavy atom. The van der Waals surface area contributed by atoms with Crippen molar-refractivity contribution < 1.29 is 19.2 Å². The fourth-order valence-electron chi connectivity index (χ4n) is 3.98. The van der Waals surface area contributed by atoms with Crippen molar-refractivity contribution in [3.05, 3.63) is 57.7 Å². The van der Waals surface area contributed by atoms with Gasteiger partial charge in [0.15, 0.2) is 5.78 Å². The van der Waals surface area contributed by atoms with Gasteiger partial charge in [-0.3, -0.25) is 19.2 Å². The van der Waals surface area contributed by atoms with Crippen molar-refractivity contribution in [2.45, 2.75) is 45.3 Å². The maximum atomic E-state index is 12.8. The lowest BCUT2D eigenvalue weighted by molar-refractivity contribution is -0.133. The number of nitrogens with zero attached hydrogens (tertiary/aromatic N) is 2. The summed E-state index contributed by atoms with van der Waals surface area (Å²) in [5.74, 6) is -0.127. The van der Waals surface area contributed by atoms with Crippen molar-refractivity contribution in [2.24, 2.45) is 0 Å². The van der Waals surface area contributed by atoms with Crippen molar-refractivity contribution >= 4 is 40.8 Å². The predicted octanol–water partition coefficient (Wildman–Crippen LogP) is 2.42. The molecule has 0 radical (unpaired) electrons. The molecule has 1 fully saturated rings. The van der Waals surface area contributed by atoms with E-state index in [0.29, 0.717) is 42.5 Å². The minimum atomic E-state index is -0.536. The number of rotatable bonds is 6. The number of fused-ring (bicyclic) bond motifs is 1. The number of carbonyl (C=O) groups excluding carboxylic acids is 4. The molecule has 32 heavy (non-hydrogen) atoms. The molecular formula is C23H23ClN4O4. The topological polar surface area (TPSA) is 108 Å². The van der Waals surface area contributed by atoms with Gasteiger partial charge in [-0.05, 0) is 42.2 Å². The Morgan fingerprint density at radius 3 is 2.78 bits per heavy atom. The minimum Gasteiger partial charge on any atom is -0.361 e. The van der Waals surface area contributed by atoms with Crippen LogP contribution in [0.2, 0.25) is 5.15 Å². The first-order valence-electron chi connectivity index (χ1n) is 10.4. The van der Waals surface area contributed by atoms with Crippen molar-refractivity contribution in [1.29, 1.82) is 0 Å². The Hall–Kier alpha value is -3.26. The van der Waals surface area contributed by atoms with E-state index >= 15 is 0 Å². The number of Topliss-reactive ketones (excluding diaryl/α,β-unsaturated/α-hetero) is 2. The third-order valence-electron chi connectivity index (χ3n) is 5.77. The molecule has 2 N–H and O–H groups in total. The Morgan fingerprint density at radius 2 is 2.03 bits per heavy atom. The number of carbonyl (C=O) groups is 4. The zero-order valence-corrected chi connectivity index (χ0v) is 18.4. The molecule has 1 saturated carbocycles. The third-order valence-corrected chi connectivity index (χ3v) is 6.16. The average molecular weight is 455 g/mol. The fraction of sp³-hybridized carbons (Fsp3) is 0.348. The van der Waals surface area contributed by atoms with Crippen LogP contribution >= 0.6 is 11.6 Å². The van der Waals surface area contributed by atoms with Gasteiger partial charge < -0.3 is 15.5 Å². The maximum absolute atomic E-state index is 12.8. The van der Waals surface area contributed by atoms with Crippen molar-refractivity contribution in [2.75, 3.05) is 11.9 Å². The van der Waals surface area contributed by atoms with Gasteiger partial charge in [0.05, 0.1) is 19.0 Å². The molecule has 2 aromatic rings. The summed E-state index contributed by atoms with van der Waals surface area (Å²) in [5.41, 5.74) is 3.10. The van der Waals surface area contributed by atoms with E-state index in [9.17, 15) is 19.2 Å². The molecule has 1 aliphatic carbocycles. The number of ketones is 2. The smallest absolute Gasteiger partial charge is 0.255 e. The molecule has 1 atom stereocenters. The highest BCUT2D eigenvalue weighted by Gasteiger charge is 2.38. The number of hydrogen-bond acceptors (Lipinski definition) is 6. The molecule has 1 aromatic heterocycles. The van der Waals surface area contributed by atoms with Gasteiger partial charge in [0.2, 0.25) is 5.91 Å². The van der Waals surface area contributed by atoms with Crippen molar-refractivity contribution in [1.82, 2.24) is 15.2 Å². The van der Waals surface area contributed by atoms with E-state index in [1.807, 2.05) is 19.1 Å². The van der Waals surface area contributed by atoms with Crippen LogP contribution in [0.1, 0.15) is 46.3 Å². The largest absolute Gasteiger partial charge is 0.361 e. The number of aryl methyl sites for hydroxylation is 1. The molecule has 2 aliphatic rings. The first-order valence-corrected chi connectivity index (χ1v) is 10.8. The standard InChI is InChI=1S/C23H23ClN4O4/c1-13-2-7-20(27-22(13)24)25-11-21(31)26-10-14-3-5-17-15(8-14)12-28(23(17)32)18-6-4-16(29)9-19(18)30/h2-3,5,7-8,18H,4,6,9-12H2,1H3,(H,25,27)(H,26,31). The molecule has 0 bridgehead atoms. The molecule has 2 amide bonds. The number of pyridine rings is 1. The van der Waals surface area contributed by atoms with Gasteiger partial charge in [0, 0.05) is 25.1 Å². The number of nitrogens with one attached hydrogen (secondary N) is 2. The van der Waals surface area contributed by atoms with E-state index in [-0.39, 0.29) is 36.3 Å². The number of benzene rings is 1. The number of anilines is 1. The van der Waals surface area contributed by atoms with Gasteiger partial charge in [-0.1, -0.05) is 29.8 Å². The van der Waals surface area contributed by atoms with Gasteiger partial charge in [0.25, 0.3) is 5.91 Å². The first-order chi connectivity index (χ1) is 15.3. The average Bonchev–Trinajstić information content (AvgIpc) is 3.08. The first kappa shape index (κ1) is 22.0. The summed E-state index contributed by atoms with van der Waals surface area (Å²) in [6, 6.07) is 8.44. The highest BCUT2D eigenvalue weighted by Crippen LogP contribution is 2.29. The number of hydrogen-bond donors (Lipinski definition) is 2. The second kappa shape index (κ2) is 9.08. The maximum Gasteiger partial charge on any atom is 0.255 e. The van der Waals surface area contributed by atoms with Crippen LogP contribution in [0, 0.1) is 6.92 Å². The molecule has 0 spiro atoms. The quantitative estimate of drug-likeness (QED) is 0.512. The molecule has 166 valence electrons. The zero-order chi connectivity index (χ0) is 22.8. The zero-order valence-electron chi connectivity index (χ0n) is 17.6. The Kier molecular flexibility index (Phi) is 6.23. The van der Waals surface area contributed by atoms with E-state index < -0.39 is 6.04 Å². The minimum absolute atomic E-state index is 0.0477. The fourth-order valence-corrected chi connectivity index (χ4v) is 4.14. The van der Waals surface area contributed by atoms with E-state index in [1.54, 1.807) is 23.1 Å². The highest BCUT2D eigenvalue weighted by molar-refractivity contribution is 6.30. The lowest BCUT2D eigenvalue weighted by Crippen LogP contribution is -2.44. The summed E-state index contributed by atoms with van der Waals surface area (Å²) in [7, 11) is 0. The molecule has 0 saturated heterocycles. The van der Waals surface area contributed by atoms with Crippen LogP contribution in [-0.2, 0) is 27.5 Å². The summed E-state index contributed by atoms with van der Waals surface area (Å²) in [5, 5.41) is 6.15. The molecule has 1 aliphatic heterocycles. The summed E-state index contributed by atoms with van der Waals surface area (Å²) in [4.78, 5) is 54.4. The van der Waals surface area contributed by atoms with Crippen LogP contribution in [0.15, 0.2) is 30.3 Å². The van der Waals surface area contributed by atoms with Gasteiger partial charge in [0.1, 0.15) is 16.8 Å². The second-order valence-corrected chi connectivity index (χ2v) is 8.45. The summed E-state index contributed by atoms with van der Waals surface area (Å²) in [6.45, 7) is 2.54. The van der Waals surface area contributed by atoms with Crippen LogP contribution in [0.25, 0.3) is 0 Å². The molecule has 1 aromatic carbocycles. The molecule has 8 nitrogen and oxygen atoms in total. The third kappa shape index (κ3) is 4.65. The van der Waals surface area contributed by atoms with Crippen molar-refractivity contribution in [3.63, 3.8) is 0 Å². The van der Waals surface area contributed by atoms with Gasteiger partial charge in [-0.25, -0.2) is 4.98 Å². The molecule has 9 heteroatoms. The lowest BCUT2D eigenvalue weighted by Gasteiger charge is -2.29. The highest BCUT2D eigenvalue weighted by atomic mass is 35.5. The summed E-state index contributed by atoms with van der Waals surface area (Å²) < 4.78 is 0. The van der Waals surface area contributed by atoms with Gasteiger partial charge in [-0.2, -0.15) is 0 Å². The van der Waals surface area contributed by atoms with E-state index in [1.165, 1.54) is 0 Å². The van der Waals surface area contributed by atoms with E-state index in [0.717, 1.165) is 16.7 Å². The Balaban J connectivity index is 1.33. The molecule has 2 heterocycles. The second-order valence-electron chi connectivity index (χ2n) is 8.10. The van der Waals surface area contributed by atoms with Crippen LogP contribution in [-0.4, -0.2) is 45.9 Å². The van der Waals surface area contributed by atoms with Crippen LogP contribution in [0.5, 0.6) is 0 Å². The van der Waals surface area contributed by atoms with Gasteiger partial charge in [-0.15, -0.1) is 0 Å². The normalized spacial score (nSPS) is 18.0. The Bertz CT molecular complexity index is 1120. The number of aromatic nitrogens is 1.